The van der Waals surface area contributed by atoms with Crippen molar-refractivity contribution in [3.05, 3.63) is 70.3 Å². The molecule has 1 atom stereocenters. The Morgan fingerprint density at radius 3 is 2.31 bits per heavy atom. The van der Waals surface area contributed by atoms with Crippen LogP contribution in [0.5, 0.6) is 0 Å². The van der Waals surface area contributed by atoms with Gasteiger partial charge in [0.1, 0.15) is 0 Å². The summed E-state index contributed by atoms with van der Waals surface area (Å²) < 4.78 is 0. The van der Waals surface area contributed by atoms with Gasteiger partial charge in [0.05, 0.1) is 12.7 Å². The fourth-order valence-corrected chi connectivity index (χ4v) is 3.99. The lowest BCUT2D eigenvalue weighted by Gasteiger charge is -2.45. The fraction of sp³-hybridized carbons (Fsp3) is 0.417. The molecule has 0 radical (unpaired) electrons. The lowest BCUT2D eigenvalue weighted by Crippen LogP contribution is -2.45. The van der Waals surface area contributed by atoms with Gasteiger partial charge in [-0.2, -0.15) is 0 Å². The van der Waals surface area contributed by atoms with E-state index in [1.807, 2.05) is 24.3 Å². The first-order valence-electron chi connectivity index (χ1n) is 9.37. The van der Waals surface area contributed by atoms with E-state index in [0.29, 0.717) is 0 Å². The van der Waals surface area contributed by atoms with Crippen molar-refractivity contribution in [1.82, 2.24) is 0 Å². The Morgan fingerprint density at radius 1 is 1.04 bits per heavy atom. The smallest absolute Gasteiger partial charge is 0.0681 e. The molecule has 26 heavy (non-hydrogen) atoms. The fourth-order valence-electron chi connectivity index (χ4n) is 3.99. The van der Waals surface area contributed by atoms with Crippen LogP contribution < -0.4 is 0 Å². The van der Waals surface area contributed by atoms with Gasteiger partial charge in [0.15, 0.2) is 0 Å². The highest BCUT2D eigenvalue weighted by atomic mass is 16.3. The maximum absolute atomic E-state index is 10.7. The van der Waals surface area contributed by atoms with Gasteiger partial charge in [-0.15, -0.1) is 0 Å². The SMILES string of the molecule is C/C(=C\c1ccc(CO)cc1)c1ccc2c(c1)C(C)(C)C(O)CC2(C)C. The second kappa shape index (κ2) is 6.68. The van der Waals surface area contributed by atoms with Crippen LogP contribution in [0.1, 0.15) is 68.9 Å². The maximum atomic E-state index is 10.7. The van der Waals surface area contributed by atoms with Gasteiger partial charge in [0.25, 0.3) is 0 Å². The largest absolute Gasteiger partial charge is 0.392 e. The van der Waals surface area contributed by atoms with Crippen LogP contribution in [0.3, 0.4) is 0 Å². The average molecular weight is 351 g/mol. The van der Waals surface area contributed by atoms with Crippen molar-refractivity contribution in [2.75, 3.05) is 0 Å². The molecule has 2 heteroatoms. The highest BCUT2D eigenvalue weighted by Crippen LogP contribution is 2.46. The zero-order chi connectivity index (χ0) is 19.1. The number of benzene rings is 2. The monoisotopic (exact) mass is 350 g/mol. The molecule has 2 nitrogen and oxygen atoms in total. The van der Waals surface area contributed by atoms with Crippen LogP contribution in [0.4, 0.5) is 0 Å². The number of hydrogen-bond donors (Lipinski definition) is 2. The van der Waals surface area contributed by atoms with Gasteiger partial charge in [-0.25, -0.2) is 0 Å². The van der Waals surface area contributed by atoms with Gasteiger partial charge in [-0.1, -0.05) is 76.2 Å². The predicted octanol–water partition coefficient (Wildman–Crippen LogP) is 5.06. The minimum Gasteiger partial charge on any atom is -0.392 e. The van der Waals surface area contributed by atoms with Crippen molar-refractivity contribution in [3.63, 3.8) is 0 Å². The summed E-state index contributed by atoms with van der Waals surface area (Å²) in [5.41, 5.74) is 6.76. The van der Waals surface area contributed by atoms with Crippen LogP contribution >= 0.6 is 0 Å². The van der Waals surface area contributed by atoms with E-state index in [9.17, 15) is 10.2 Å². The second-order valence-corrected chi connectivity index (χ2v) is 8.81. The van der Waals surface area contributed by atoms with Crippen molar-refractivity contribution < 1.29 is 10.2 Å². The van der Waals surface area contributed by atoms with Gasteiger partial charge in [-0.05, 0) is 52.1 Å². The molecule has 1 aliphatic rings. The number of fused-ring (bicyclic) bond motifs is 1. The van der Waals surface area contributed by atoms with Gasteiger partial charge in [0.2, 0.25) is 0 Å². The number of allylic oxidation sites excluding steroid dienone is 1. The van der Waals surface area contributed by atoms with Crippen LogP contribution in [-0.4, -0.2) is 16.3 Å². The van der Waals surface area contributed by atoms with E-state index in [1.165, 1.54) is 22.3 Å². The van der Waals surface area contributed by atoms with E-state index in [1.54, 1.807) is 0 Å². The van der Waals surface area contributed by atoms with Crippen LogP contribution in [0.2, 0.25) is 0 Å². The van der Waals surface area contributed by atoms with Crippen molar-refractivity contribution >= 4 is 11.6 Å². The van der Waals surface area contributed by atoms with Gasteiger partial charge < -0.3 is 10.2 Å². The molecule has 0 spiro atoms. The van der Waals surface area contributed by atoms with Crippen molar-refractivity contribution in [3.8, 4) is 0 Å². The molecule has 0 aromatic heterocycles. The third kappa shape index (κ3) is 3.36. The molecule has 138 valence electrons. The van der Waals surface area contributed by atoms with Gasteiger partial charge in [0, 0.05) is 5.41 Å². The molecule has 2 aromatic rings. The van der Waals surface area contributed by atoms with Crippen LogP contribution in [0.25, 0.3) is 11.6 Å². The zero-order valence-corrected chi connectivity index (χ0v) is 16.5. The molecule has 0 fully saturated rings. The molecule has 3 rings (SSSR count). The number of rotatable bonds is 3. The van der Waals surface area contributed by atoms with E-state index in [4.69, 9.17) is 0 Å². The Labute approximate surface area is 157 Å². The molecule has 1 unspecified atom stereocenters. The molecule has 0 aliphatic heterocycles. The Balaban J connectivity index is 2.02. The minimum atomic E-state index is -0.337. The third-order valence-electron chi connectivity index (χ3n) is 5.98. The Hall–Kier alpha value is -1.90. The minimum absolute atomic E-state index is 0.0133. The van der Waals surface area contributed by atoms with E-state index < -0.39 is 0 Å². The summed E-state index contributed by atoms with van der Waals surface area (Å²) in [5.74, 6) is 0. The van der Waals surface area contributed by atoms with E-state index >= 15 is 0 Å². The normalized spacial score (nSPS) is 21.3. The predicted molar refractivity (Wildman–Crippen MR) is 109 cm³/mol. The number of hydrogen-bond acceptors (Lipinski definition) is 2. The molecule has 1 aliphatic carbocycles. The summed E-state index contributed by atoms with van der Waals surface area (Å²) in [6.07, 6.45) is 2.62. The van der Waals surface area contributed by atoms with E-state index in [0.717, 1.165) is 17.5 Å². The van der Waals surface area contributed by atoms with Gasteiger partial charge >= 0.3 is 0 Å². The van der Waals surface area contributed by atoms with E-state index in [2.05, 4.69) is 58.9 Å². The molecular weight excluding hydrogens is 320 g/mol. The Bertz CT molecular complexity index is 826. The molecule has 0 saturated carbocycles. The molecule has 2 N–H and O–H groups in total. The lowest BCUT2D eigenvalue weighted by atomic mass is 9.61. The Kier molecular flexibility index (Phi) is 4.85. The van der Waals surface area contributed by atoms with Crippen molar-refractivity contribution in [2.45, 2.75) is 64.6 Å². The first kappa shape index (κ1) is 18.9. The molecule has 2 aromatic carbocycles. The second-order valence-electron chi connectivity index (χ2n) is 8.81. The molecule has 0 amide bonds. The lowest BCUT2D eigenvalue weighted by molar-refractivity contribution is 0.0583. The number of aliphatic hydroxyl groups excluding tert-OH is 2. The Morgan fingerprint density at radius 2 is 1.69 bits per heavy atom. The first-order valence-corrected chi connectivity index (χ1v) is 9.37. The quantitative estimate of drug-likeness (QED) is 0.760. The molecule has 0 heterocycles. The van der Waals surface area contributed by atoms with Crippen LogP contribution in [-0.2, 0) is 17.4 Å². The summed E-state index contributed by atoms with van der Waals surface area (Å²) in [5, 5.41) is 19.9. The van der Waals surface area contributed by atoms with Crippen molar-refractivity contribution in [1.29, 1.82) is 0 Å². The third-order valence-corrected chi connectivity index (χ3v) is 5.98. The summed E-state index contributed by atoms with van der Waals surface area (Å²) >= 11 is 0. The van der Waals surface area contributed by atoms with Crippen molar-refractivity contribution in [2.24, 2.45) is 0 Å². The topological polar surface area (TPSA) is 40.5 Å². The average Bonchev–Trinajstić information content (AvgIpc) is 2.60. The molecule has 0 bridgehead atoms. The summed E-state index contributed by atoms with van der Waals surface area (Å²) in [4.78, 5) is 0. The summed E-state index contributed by atoms with van der Waals surface area (Å²) in [6, 6.07) is 14.7. The maximum Gasteiger partial charge on any atom is 0.0681 e. The summed E-state index contributed by atoms with van der Waals surface area (Å²) in [6.45, 7) is 10.9. The summed E-state index contributed by atoms with van der Waals surface area (Å²) in [7, 11) is 0. The van der Waals surface area contributed by atoms with Crippen LogP contribution in [0.15, 0.2) is 42.5 Å². The number of aliphatic hydroxyl groups is 2. The van der Waals surface area contributed by atoms with Gasteiger partial charge in [-0.3, -0.25) is 0 Å². The zero-order valence-electron chi connectivity index (χ0n) is 16.5. The highest BCUT2D eigenvalue weighted by molar-refractivity contribution is 5.80. The van der Waals surface area contributed by atoms with E-state index in [-0.39, 0.29) is 23.5 Å². The first-order chi connectivity index (χ1) is 12.1. The van der Waals surface area contributed by atoms with Crippen LogP contribution in [0, 0.1) is 0 Å². The highest BCUT2D eigenvalue weighted by Gasteiger charge is 2.43. The standard InChI is InChI=1S/C24H30O2/c1-16(12-17-6-8-18(15-25)9-7-17)19-10-11-20-21(13-19)24(4,5)22(26)14-23(20,2)3/h6-13,22,25-26H,14-15H2,1-5H3/b16-12+. The molecular formula is C24H30O2. The molecule has 0 saturated heterocycles.